The van der Waals surface area contributed by atoms with Gasteiger partial charge in [-0.2, -0.15) is 0 Å². The monoisotopic (exact) mass is 421 g/mol. The summed E-state index contributed by atoms with van der Waals surface area (Å²) in [6, 6.07) is 9.36. The van der Waals surface area contributed by atoms with Crippen molar-refractivity contribution < 1.29 is 9.53 Å². The van der Waals surface area contributed by atoms with Crippen molar-refractivity contribution in [2.24, 2.45) is 0 Å². The maximum Gasteiger partial charge on any atom is 0.173 e. The van der Waals surface area contributed by atoms with Gasteiger partial charge in [0.05, 0.1) is 18.0 Å². The molecule has 0 radical (unpaired) electrons. The summed E-state index contributed by atoms with van der Waals surface area (Å²) in [4.78, 5) is 23.2. The molecule has 2 atom stereocenters. The molecule has 132 valence electrons. The summed E-state index contributed by atoms with van der Waals surface area (Å²) in [6.07, 6.45) is 1.91. The largest absolute Gasteiger partial charge is 0.372 e. The van der Waals surface area contributed by atoms with Gasteiger partial charge in [0, 0.05) is 29.2 Å². The third kappa shape index (κ3) is 5.03. The molecule has 2 unspecified atom stereocenters. The molecule has 1 aliphatic heterocycles. The summed E-state index contributed by atoms with van der Waals surface area (Å²) in [6.45, 7) is 5.75. The molecule has 2 heterocycles. The molecular weight excluding hydrogens is 402 g/mol. The Labute approximate surface area is 160 Å². The van der Waals surface area contributed by atoms with Crippen LogP contribution in [0.15, 0.2) is 46.2 Å². The molecule has 7 heteroatoms. The molecule has 3 rings (SSSR count). The molecule has 1 aromatic carbocycles. The zero-order valence-corrected chi connectivity index (χ0v) is 16.6. The smallest absolute Gasteiger partial charge is 0.173 e. The number of aromatic nitrogens is 2. The second-order valence-electron chi connectivity index (χ2n) is 6.10. The number of nitrogens with zero attached hydrogens (tertiary/aromatic N) is 3. The van der Waals surface area contributed by atoms with E-state index in [9.17, 15) is 4.79 Å². The first kappa shape index (κ1) is 18.4. The van der Waals surface area contributed by atoms with Gasteiger partial charge in [0.2, 0.25) is 0 Å². The lowest BCUT2D eigenvalue weighted by Gasteiger charge is -2.36. The van der Waals surface area contributed by atoms with Crippen molar-refractivity contribution in [2.75, 3.05) is 23.7 Å². The van der Waals surface area contributed by atoms with Crippen LogP contribution in [0.1, 0.15) is 24.2 Å². The standard InChI is InChI=1S/C18H20BrN3O2S/c1-12-8-22(9-13(2)24-12)17-7-18(21-11-20-17)25-10-16(23)14-3-5-15(19)6-4-14/h3-7,11-13H,8-10H2,1-2H3. The highest BCUT2D eigenvalue weighted by molar-refractivity contribution is 9.10. The average Bonchev–Trinajstić information content (AvgIpc) is 2.60. The lowest BCUT2D eigenvalue weighted by Crippen LogP contribution is -2.45. The molecule has 5 nitrogen and oxygen atoms in total. The minimum absolute atomic E-state index is 0.0891. The van der Waals surface area contributed by atoms with Gasteiger partial charge in [-0.25, -0.2) is 9.97 Å². The van der Waals surface area contributed by atoms with Crippen molar-refractivity contribution in [3.63, 3.8) is 0 Å². The van der Waals surface area contributed by atoms with E-state index < -0.39 is 0 Å². The highest BCUT2D eigenvalue weighted by Gasteiger charge is 2.23. The SMILES string of the molecule is CC1CN(c2cc(SCC(=O)c3ccc(Br)cc3)ncn2)CC(C)O1. The Bertz CT molecular complexity index is 731. The molecule has 0 N–H and O–H groups in total. The number of morpholine rings is 1. The van der Waals surface area contributed by atoms with E-state index in [1.165, 1.54) is 11.8 Å². The Kier molecular flexibility index (Phi) is 6.09. The van der Waals surface area contributed by atoms with Crippen molar-refractivity contribution in [1.82, 2.24) is 9.97 Å². The lowest BCUT2D eigenvalue weighted by molar-refractivity contribution is -0.00548. The predicted molar refractivity (Wildman–Crippen MR) is 103 cm³/mol. The maximum absolute atomic E-state index is 12.3. The summed E-state index contributed by atoms with van der Waals surface area (Å²) in [7, 11) is 0. The zero-order chi connectivity index (χ0) is 17.8. The first-order chi connectivity index (χ1) is 12.0. The molecule has 0 spiro atoms. The van der Waals surface area contributed by atoms with Crippen LogP contribution in [0.2, 0.25) is 0 Å². The minimum Gasteiger partial charge on any atom is -0.372 e. The highest BCUT2D eigenvalue weighted by atomic mass is 79.9. The molecule has 0 bridgehead atoms. The summed E-state index contributed by atoms with van der Waals surface area (Å²) in [5.74, 6) is 1.33. The Hall–Kier alpha value is -1.44. The van der Waals surface area contributed by atoms with E-state index >= 15 is 0 Å². The van der Waals surface area contributed by atoms with E-state index in [-0.39, 0.29) is 18.0 Å². The predicted octanol–water partition coefficient (Wildman–Crippen LogP) is 3.83. The fourth-order valence-corrected chi connectivity index (χ4v) is 3.83. The van der Waals surface area contributed by atoms with Crippen LogP contribution in [0.3, 0.4) is 0 Å². The van der Waals surface area contributed by atoms with E-state index in [0.29, 0.717) is 11.3 Å². The molecule has 25 heavy (non-hydrogen) atoms. The lowest BCUT2D eigenvalue weighted by atomic mass is 10.2. The molecule has 1 fully saturated rings. The summed E-state index contributed by atoms with van der Waals surface area (Å²) in [5, 5.41) is 0.808. The number of anilines is 1. The zero-order valence-electron chi connectivity index (χ0n) is 14.2. The number of rotatable bonds is 5. The Morgan fingerprint density at radius 1 is 1.24 bits per heavy atom. The van der Waals surface area contributed by atoms with Gasteiger partial charge in [-0.1, -0.05) is 39.8 Å². The molecule has 0 amide bonds. The Morgan fingerprint density at radius 3 is 2.60 bits per heavy atom. The Morgan fingerprint density at radius 2 is 1.92 bits per heavy atom. The Balaban J connectivity index is 1.63. The number of hydrogen-bond donors (Lipinski definition) is 0. The van der Waals surface area contributed by atoms with Gasteiger partial charge < -0.3 is 9.64 Å². The van der Waals surface area contributed by atoms with E-state index in [1.807, 2.05) is 30.3 Å². The normalized spacial score (nSPS) is 20.5. The van der Waals surface area contributed by atoms with Gasteiger partial charge in [-0.3, -0.25) is 4.79 Å². The van der Waals surface area contributed by atoms with Crippen molar-refractivity contribution in [3.05, 3.63) is 46.7 Å². The van der Waals surface area contributed by atoms with Crippen molar-refractivity contribution in [1.29, 1.82) is 0 Å². The van der Waals surface area contributed by atoms with Crippen LogP contribution in [-0.2, 0) is 4.74 Å². The number of halogens is 1. The van der Waals surface area contributed by atoms with Crippen molar-refractivity contribution in [3.8, 4) is 0 Å². The second-order valence-corrected chi connectivity index (χ2v) is 8.01. The third-order valence-corrected chi connectivity index (χ3v) is 5.34. The molecule has 1 saturated heterocycles. The van der Waals surface area contributed by atoms with Gasteiger partial charge in [-0.05, 0) is 26.0 Å². The number of Topliss-reactive ketones (excluding diaryl/α,β-unsaturated/α-hetero) is 1. The van der Waals surface area contributed by atoms with E-state index in [0.717, 1.165) is 28.4 Å². The van der Waals surface area contributed by atoms with Crippen LogP contribution >= 0.6 is 27.7 Å². The van der Waals surface area contributed by atoms with Crippen LogP contribution in [0.5, 0.6) is 0 Å². The van der Waals surface area contributed by atoms with Gasteiger partial charge >= 0.3 is 0 Å². The van der Waals surface area contributed by atoms with E-state index in [4.69, 9.17) is 4.74 Å². The third-order valence-electron chi connectivity index (χ3n) is 3.89. The van der Waals surface area contributed by atoms with Crippen LogP contribution in [0.4, 0.5) is 5.82 Å². The topological polar surface area (TPSA) is 55.3 Å². The quantitative estimate of drug-likeness (QED) is 0.415. The summed E-state index contributed by atoms with van der Waals surface area (Å²) < 4.78 is 6.73. The number of thioether (sulfide) groups is 1. The highest BCUT2D eigenvalue weighted by Crippen LogP contribution is 2.23. The summed E-state index contributed by atoms with van der Waals surface area (Å²) in [5.41, 5.74) is 0.709. The molecule has 2 aromatic rings. The van der Waals surface area contributed by atoms with E-state index in [1.54, 1.807) is 6.33 Å². The molecule has 1 aliphatic rings. The molecule has 0 saturated carbocycles. The fraction of sp³-hybridized carbons (Fsp3) is 0.389. The number of hydrogen-bond acceptors (Lipinski definition) is 6. The van der Waals surface area contributed by atoms with Crippen LogP contribution in [0.25, 0.3) is 0 Å². The summed E-state index contributed by atoms with van der Waals surface area (Å²) >= 11 is 4.81. The van der Waals surface area contributed by atoms with Crippen LogP contribution in [-0.4, -0.2) is 46.8 Å². The van der Waals surface area contributed by atoms with Gasteiger partial charge in [0.25, 0.3) is 0 Å². The maximum atomic E-state index is 12.3. The number of ketones is 1. The number of ether oxygens (including phenoxy) is 1. The fourth-order valence-electron chi connectivity index (χ4n) is 2.81. The number of carbonyl (C=O) groups excluding carboxylic acids is 1. The van der Waals surface area contributed by atoms with Gasteiger partial charge in [0.15, 0.2) is 5.78 Å². The first-order valence-corrected chi connectivity index (χ1v) is 9.93. The average molecular weight is 422 g/mol. The van der Waals surface area contributed by atoms with Crippen molar-refractivity contribution in [2.45, 2.75) is 31.1 Å². The number of benzene rings is 1. The first-order valence-electron chi connectivity index (χ1n) is 8.15. The van der Waals surface area contributed by atoms with Gasteiger partial charge in [-0.15, -0.1) is 0 Å². The molecular formula is C18H20BrN3O2S. The van der Waals surface area contributed by atoms with Crippen LogP contribution in [0, 0.1) is 0 Å². The van der Waals surface area contributed by atoms with Crippen molar-refractivity contribution >= 4 is 39.3 Å². The second kappa shape index (κ2) is 8.29. The minimum atomic E-state index is 0.0891. The molecule has 0 aliphatic carbocycles. The van der Waals surface area contributed by atoms with Crippen LogP contribution < -0.4 is 4.90 Å². The van der Waals surface area contributed by atoms with Gasteiger partial charge in [0.1, 0.15) is 17.2 Å². The molecule has 1 aromatic heterocycles. The number of carbonyl (C=O) groups is 1. The van der Waals surface area contributed by atoms with E-state index in [2.05, 4.69) is 44.6 Å².